The molecule has 0 radical (unpaired) electrons. The number of nitrogens with zero attached hydrogens (tertiary/aromatic N) is 1. The van der Waals surface area contributed by atoms with Crippen LogP contribution in [-0.4, -0.2) is 47.4 Å². The molecule has 0 rings (SSSR count). The van der Waals surface area contributed by atoms with Crippen LogP contribution in [0, 0.1) is 11.3 Å². The van der Waals surface area contributed by atoms with Crippen LogP contribution >= 0.6 is 0 Å². The van der Waals surface area contributed by atoms with Crippen molar-refractivity contribution < 1.29 is 19.5 Å². The highest BCUT2D eigenvalue weighted by Crippen LogP contribution is 2.27. The van der Waals surface area contributed by atoms with Gasteiger partial charge in [-0.3, -0.25) is 14.4 Å². The molecule has 0 aromatic carbocycles. The number of aliphatic carboxylic acids is 1. The zero-order valence-electron chi connectivity index (χ0n) is 12.5. The molecule has 0 heterocycles. The van der Waals surface area contributed by atoms with Crippen LogP contribution in [0.5, 0.6) is 0 Å². The van der Waals surface area contributed by atoms with Gasteiger partial charge in [-0.05, 0) is 19.3 Å². The first-order chi connectivity index (χ1) is 8.46. The van der Waals surface area contributed by atoms with Crippen LogP contribution in [0.4, 0.5) is 0 Å². The van der Waals surface area contributed by atoms with Gasteiger partial charge in [0.05, 0.1) is 6.54 Å². The Morgan fingerprint density at radius 1 is 1.21 bits per heavy atom. The fourth-order valence-electron chi connectivity index (χ4n) is 1.73. The first-order valence-corrected chi connectivity index (χ1v) is 6.24. The van der Waals surface area contributed by atoms with Crippen LogP contribution in [0.3, 0.4) is 0 Å². The third-order valence-corrected chi connectivity index (χ3v) is 2.57. The number of hydrogen-bond acceptors (Lipinski definition) is 3. The number of hydrogen-bond donors (Lipinski definition) is 2. The van der Waals surface area contributed by atoms with Gasteiger partial charge in [0.25, 0.3) is 0 Å². The summed E-state index contributed by atoms with van der Waals surface area (Å²) >= 11 is 0. The van der Waals surface area contributed by atoms with E-state index in [4.69, 9.17) is 5.11 Å². The molecule has 0 aromatic rings. The Kier molecular flexibility index (Phi) is 5.99. The van der Waals surface area contributed by atoms with E-state index in [1.54, 1.807) is 20.8 Å². The Morgan fingerprint density at radius 2 is 1.68 bits per heavy atom. The number of carbonyl (C=O) groups excluding carboxylic acids is 2. The Hall–Kier alpha value is -1.59. The molecule has 0 saturated heterocycles. The van der Waals surface area contributed by atoms with E-state index in [9.17, 15) is 14.4 Å². The lowest BCUT2D eigenvalue weighted by molar-refractivity contribution is -0.156. The average molecular weight is 272 g/mol. The molecule has 0 spiro atoms. The molecule has 2 amide bonds. The third-order valence-electron chi connectivity index (χ3n) is 2.57. The second kappa shape index (κ2) is 6.54. The zero-order chi connectivity index (χ0) is 15.4. The van der Waals surface area contributed by atoms with Crippen molar-refractivity contribution in [2.24, 2.45) is 11.3 Å². The Labute approximate surface area is 114 Å². The summed E-state index contributed by atoms with van der Waals surface area (Å²) in [6, 6.07) is -0.0195. The number of rotatable bonds is 5. The van der Waals surface area contributed by atoms with Gasteiger partial charge in [0.1, 0.15) is 5.92 Å². The lowest BCUT2D eigenvalue weighted by Crippen LogP contribution is -2.47. The van der Waals surface area contributed by atoms with E-state index in [2.05, 4.69) is 5.32 Å². The van der Waals surface area contributed by atoms with Crippen molar-refractivity contribution >= 4 is 17.8 Å². The summed E-state index contributed by atoms with van der Waals surface area (Å²) in [5, 5.41) is 11.8. The van der Waals surface area contributed by atoms with Gasteiger partial charge in [-0.15, -0.1) is 0 Å². The number of likely N-dealkylation sites (N-methyl/N-ethyl adjacent to an activating group) is 1. The van der Waals surface area contributed by atoms with Crippen molar-refractivity contribution in [3.8, 4) is 0 Å². The molecule has 6 nitrogen and oxygen atoms in total. The SMILES string of the molecule is CC(C)NC(=O)CN(C)C(=O)C(C(=O)O)C(C)(C)C. The molecule has 1 atom stereocenters. The standard InChI is InChI=1S/C13H24N2O4/c1-8(2)14-9(16)7-15(6)11(17)10(12(18)19)13(3,4)5/h8,10H,7H2,1-6H3,(H,14,16)(H,18,19). The Balaban J connectivity index is 4.79. The van der Waals surface area contributed by atoms with Gasteiger partial charge in [0, 0.05) is 13.1 Å². The van der Waals surface area contributed by atoms with Crippen LogP contribution < -0.4 is 5.32 Å². The van der Waals surface area contributed by atoms with Crippen LogP contribution in [0.2, 0.25) is 0 Å². The maximum atomic E-state index is 12.1. The predicted octanol–water partition coefficient (Wildman–Crippen LogP) is 0.716. The Morgan fingerprint density at radius 3 is 2.00 bits per heavy atom. The predicted molar refractivity (Wildman–Crippen MR) is 71.5 cm³/mol. The number of carboxylic acid groups (broad SMARTS) is 1. The van der Waals surface area contributed by atoms with E-state index < -0.39 is 23.2 Å². The molecule has 6 heteroatoms. The maximum absolute atomic E-state index is 12.1. The minimum Gasteiger partial charge on any atom is -0.481 e. The van der Waals surface area contributed by atoms with Crippen LogP contribution in [0.15, 0.2) is 0 Å². The van der Waals surface area contributed by atoms with E-state index in [-0.39, 0.29) is 18.5 Å². The van der Waals surface area contributed by atoms with Crippen molar-refractivity contribution in [1.29, 1.82) is 0 Å². The van der Waals surface area contributed by atoms with Crippen molar-refractivity contribution in [2.45, 2.75) is 40.7 Å². The lowest BCUT2D eigenvalue weighted by atomic mass is 9.80. The summed E-state index contributed by atoms with van der Waals surface area (Å²) in [5.74, 6) is -3.19. The van der Waals surface area contributed by atoms with Gasteiger partial charge in [-0.25, -0.2) is 0 Å². The molecule has 0 aliphatic heterocycles. The summed E-state index contributed by atoms with van der Waals surface area (Å²) in [7, 11) is 1.43. The number of carboxylic acids is 1. The largest absolute Gasteiger partial charge is 0.481 e. The summed E-state index contributed by atoms with van der Waals surface area (Å²) in [4.78, 5) is 36.0. The van der Waals surface area contributed by atoms with Gasteiger partial charge in [0.2, 0.25) is 11.8 Å². The van der Waals surface area contributed by atoms with Crippen LogP contribution in [0.1, 0.15) is 34.6 Å². The first kappa shape index (κ1) is 17.4. The fourth-order valence-corrected chi connectivity index (χ4v) is 1.73. The molecule has 0 aliphatic rings. The van der Waals surface area contributed by atoms with Gasteiger partial charge in [0.15, 0.2) is 0 Å². The quantitative estimate of drug-likeness (QED) is 0.722. The van der Waals surface area contributed by atoms with Crippen molar-refractivity contribution in [3.63, 3.8) is 0 Å². The van der Waals surface area contributed by atoms with Crippen molar-refractivity contribution in [3.05, 3.63) is 0 Å². The maximum Gasteiger partial charge on any atom is 0.316 e. The highest BCUT2D eigenvalue weighted by molar-refractivity contribution is 5.99. The minimum absolute atomic E-state index is 0.0195. The molecule has 0 saturated carbocycles. The monoisotopic (exact) mass is 272 g/mol. The average Bonchev–Trinajstić information content (AvgIpc) is 2.12. The molecule has 1 unspecified atom stereocenters. The smallest absolute Gasteiger partial charge is 0.316 e. The summed E-state index contributed by atoms with van der Waals surface area (Å²) < 4.78 is 0. The van der Waals surface area contributed by atoms with Crippen molar-refractivity contribution in [2.75, 3.05) is 13.6 Å². The number of amides is 2. The number of carbonyl (C=O) groups is 3. The van der Waals surface area contributed by atoms with Gasteiger partial charge < -0.3 is 15.3 Å². The second-order valence-corrected chi connectivity index (χ2v) is 6.05. The second-order valence-electron chi connectivity index (χ2n) is 6.05. The molecular weight excluding hydrogens is 248 g/mol. The number of nitrogens with one attached hydrogen (secondary N) is 1. The molecule has 0 aliphatic carbocycles. The van der Waals surface area contributed by atoms with Crippen LogP contribution in [-0.2, 0) is 14.4 Å². The highest BCUT2D eigenvalue weighted by Gasteiger charge is 2.39. The van der Waals surface area contributed by atoms with Gasteiger partial charge in [-0.1, -0.05) is 20.8 Å². The summed E-state index contributed by atoms with van der Waals surface area (Å²) in [6.45, 7) is 8.55. The molecule has 110 valence electrons. The summed E-state index contributed by atoms with van der Waals surface area (Å²) in [6.07, 6.45) is 0. The highest BCUT2D eigenvalue weighted by atomic mass is 16.4. The van der Waals surface area contributed by atoms with E-state index in [0.29, 0.717) is 0 Å². The Bertz CT molecular complexity index is 358. The van der Waals surface area contributed by atoms with E-state index in [1.165, 1.54) is 7.05 Å². The van der Waals surface area contributed by atoms with Gasteiger partial charge >= 0.3 is 5.97 Å². The zero-order valence-corrected chi connectivity index (χ0v) is 12.5. The molecule has 0 fully saturated rings. The minimum atomic E-state index is -1.17. The van der Waals surface area contributed by atoms with E-state index in [0.717, 1.165) is 4.90 Å². The molecule has 0 bridgehead atoms. The molecule has 2 N–H and O–H groups in total. The van der Waals surface area contributed by atoms with Crippen molar-refractivity contribution in [1.82, 2.24) is 10.2 Å². The molecule has 19 heavy (non-hydrogen) atoms. The topological polar surface area (TPSA) is 86.7 Å². The normalized spacial score (nSPS) is 13.0. The first-order valence-electron chi connectivity index (χ1n) is 6.24. The van der Waals surface area contributed by atoms with E-state index >= 15 is 0 Å². The molecule has 0 aromatic heterocycles. The molecular formula is C13H24N2O4. The fraction of sp³-hybridized carbons (Fsp3) is 0.769. The van der Waals surface area contributed by atoms with E-state index in [1.807, 2.05) is 13.8 Å². The summed E-state index contributed by atoms with van der Waals surface area (Å²) in [5.41, 5.74) is -0.703. The van der Waals surface area contributed by atoms with Gasteiger partial charge in [-0.2, -0.15) is 0 Å². The lowest BCUT2D eigenvalue weighted by Gasteiger charge is -2.29. The van der Waals surface area contributed by atoms with Crippen LogP contribution in [0.25, 0.3) is 0 Å². The third kappa shape index (κ3) is 5.72.